The minimum Gasteiger partial charge on any atom is -0.384 e. The summed E-state index contributed by atoms with van der Waals surface area (Å²) < 4.78 is 2.17. The third-order valence-electron chi connectivity index (χ3n) is 3.54. The predicted molar refractivity (Wildman–Crippen MR) is 89.4 cm³/mol. The van der Waals surface area contributed by atoms with Crippen LogP contribution in [0.1, 0.15) is 51.7 Å². The smallest absolute Gasteiger partial charge is 0.127 e. The fourth-order valence-corrected chi connectivity index (χ4v) is 2.55. The number of hydrogen-bond acceptors (Lipinski definition) is 2. The van der Waals surface area contributed by atoms with Gasteiger partial charge in [0, 0.05) is 5.41 Å². The van der Waals surface area contributed by atoms with Crippen LogP contribution in [0.3, 0.4) is 0 Å². The van der Waals surface area contributed by atoms with Crippen molar-refractivity contribution < 1.29 is 0 Å². The Balaban J connectivity index is 2.44. The molecule has 3 heteroatoms. The van der Waals surface area contributed by atoms with Crippen molar-refractivity contribution in [3.63, 3.8) is 0 Å². The van der Waals surface area contributed by atoms with Crippen molar-refractivity contribution in [3.8, 4) is 0 Å². The van der Waals surface area contributed by atoms with Crippen molar-refractivity contribution in [1.29, 1.82) is 0 Å². The molecular formula is C18H27N3. The Hall–Kier alpha value is -1.77. The molecule has 2 N–H and O–H groups in total. The molecule has 1 aromatic heterocycles. The van der Waals surface area contributed by atoms with Gasteiger partial charge in [0.15, 0.2) is 0 Å². The minimum absolute atomic E-state index is 0.0157. The predicted octanol–water partition coefficient (Wildman–Crippen LogP) is 4.01. The molecule has 0 saturated heterocycles. The van der Waals surface area contributed by atoms with Gasteiger partial charge in [0.25, 0.3) is 0 Å². The SMILES string of the molecule is CC(C)Cc1nc(C(C)(C)C)n(Cc2ccccc2)c1N. The number of nitrogen functional groups attached to an aromatic ring is 1. The molecule has 0 amide bonds. The van der Waals surface area contributed by atoms with Crippen molar-refractivity contribution in [2.75, 3.05) is 5.73 Å². The lowest BCUT2D eigenvalue weighted by atomic mass is 9.95. The number of nitrogens with zero attached hydrogens (tertiary/aromatic N) is 2. The number of rotatable bonds is 4. The van der Waals surface area contributed by atoms with E-state index in [1.54, 1.807) is 0 Å². The highest BCUT2D eigenvalue weighted by Crippen LogP contribution is 2.28. The number of anilines is 1. The zero-order valence-corrected chi connectivity index (χ0v) is 13.9. The third-order valence-corrected chi connectivity index (χ3v) is 3.54. The maximum absolute atomic E-state index is 6.40. The van der Waals surface area contributed by atoms with Gasteiger partial charge in [-0.05, 0) is 17.9 Å². The summed E-state index contributed by atoms with van der Waals surface area (Å²) in [6.07, 6.45) is 0.927. The van der Waals surface area contributed by atoms with Crippen molar-refractivity contribution >= 4 is 5.82 Å². The first kappa shape index (κ1) is 15.6. The van der Waals surface area contributed by atoms with Crippen LogP contribution in [0.2, 0.25) is 0 Å². The summed E-state index contributed by atoms with van der Waals surface area (Å²) in [7, 11) is 0. The van der Waals surface area contributed by atoms with E-state index in [4.69, 9.17) is 10.7 Å². The normalized spacial score (nSPS) is 12.1. The molecule has 0 saturated carbocycles. The minimum atomic E-state index is -0.0157. The van der Waals surface area contributed by atoms with Crippen LogP contribution < -0.4 is 5.73 Å². The quantitative estimate of drug-likeness (QED) is 0.922. The van der Waals surface area contributed by atoms with Crippen molar-refractivity contribution in [3.05, 3.63) is 47.4 Å². The van der Waals surface area contributed by atoms with Gasteiger partial charge in [-0.2, -0.15) is 0 Å². The van der Waals surface area contributed by atoms with Crippen LogP contribution in [-0.2, 0) is 18.4 Å². The van der Waals surface area contributed by atoms with Crippen LogP contribution >= 0.6 is 0 Å². The van der Waals surface area contributed by atoms with E-state index in [-0.39, 0.29) is 5.41 Å². The first-order valence-electron chi connectivity index (χ1n) is 7.68. The summed E-state index contributed by atoms with van der Waals surface area (Å²) in [4.78, 5) is 4.86. The highest BCUT2D eigenvalue weighted by molar-refractivity contribution is 5.41. The highest BCUT2D eigenvalue weighted by atomic mass is 15.2. The second-order valence-electron chi connectivity index (χ2n) is 7.19. The maximum atomic E-state index is 6.40. The van der Waals surface area contributed by atoms with Crippen molar-refractivity contribution in [2.45, 2.75) is 53.0 Å². The van der Waals surface area contributed by atoms with E-state index in [0.717, 1.165) is 30.3 Å². The Labute approximate surface area is 128 Å². The van der Waals surface area contributed by atoms with Gasteiger partial charge in [0.2, 0.25) is 0 Å². The van der Waals surface area contributed by atoms with E-state index in [1.807, 2.05) is 6.07 Å². The molecule has 2 aromatic rings. The van der Waals surface area contributed by atoms with Crippen LogP contribution in [0.25, 0.3) is 0 Å². The Morgan fingerprint density at radius 1 is 1.14 bits per heavy atom. The summed E-state index contributed by atoms with van der Waals surface area (Å²) in [6, 6.07) is 10.4. The fourth-order valence-electron chi connectivity index (χ4n) is 2.55. The van der Waals surface area contributed by atoms with E-state index in [0.29, 0.717) is 5.92 Å². The Morgan fingerprint density at radius 3 is 2.29 bits per heavy atom. The Bertz CT molecular complexity index is 589. The number of imidazole rings is 1. The average Bonchev–Trinajstić information content (AvgIpc) is 2.68. The van der Waals surface area contributed by atoms with E-state index in [2.05, 4.69) is 63.5 Å². The molecular weight excluding hydrogens is 258 g/mol. The van der Waals surface area contributed by atoms with Crippen LogP contribution in [-0.4, -0.2) is 9.55 Å². The molecule has 0 aliphatic carbocycles. The molecule has 0 spiro atoms. The molecule has 0 fully saturated rings. The van der Waals surface area contributed by atoms with E-state index < -0.39 is 0 Å². The lowest BCUT2D eigenvalue weighted by Gasteiger charge is -2.20. The summed E-state index contributed by atoms with van der Waals surface area (Å²) in [5.41, 5.74) is 8.67. The molecule has 21 heavy (non-hydrogen) atoms. The summed E-state index contributed by atoms with van der Waals surface area (Å²) in [5, 5.41) is 0. The Kier molecular flexibility index (Phi) is 4.40. The topological polar surface area (TPSA) is 43.8 Å². The number of hydrogen-bond donors (Lipinski definition) is 1. The molecule has 2 rings (SSSR count). The van der Waals surface area contributed by atoms with Gasteiger partial charge < -0.3 is 10.3 Å². The first-order valence-corrected chi connectivity index (χ1v) is 7.68. The monoisotopic (exact) mass is 285 g/mol. The molecule has 0 aliphatic rings. The van der Waals surface area contributed by atoms with E-state index >= 15 is 0 Å². The largest absolute Gasteiger partial charge is 0.384 e. The summed E-state index contributed by atoms with van der Waals surface area (Å²) >= 11 is 0. The maximum Gasteiger partial charge on any atom is 0.127 e. The zero-order chi connectivity index (χ0) is 15.6. The highest BCUT2D eigenvalue weighted by Gasteiger charge is 2.25. The van der Waals surface area contributed by atoms with E-state index in [1.165, 1.54) is 5.56 Å². The summed E-state index contributed by atoms with van der Waals surface area (Å²) in [6.45, 7) is 11.8. The standard InChI is InChI=1S/C18H27N3/c1-13(2)11-15-16(19)21(17(20-15)18(3,4)5)12-14-9-7-6-8-10-14/h6-10,13H,11-12,19H2,1-5H3. The van der Waals surface area contributed by atoms with Gasteiger partial charge in [-0.1, -0.05) is 65.0 Å². The van der Waals surface area contributed by atoms with Crippen molar-refractivity contribution in [1.82, 2.24) is 9.55 Å². The lowest BCUT2D eigenvalue weighted by Crippen LogP contribution is -2.20. The molecule has 1 aromatic carbocycles. The van der Waals surface area contributed by atoms with E-state index in [9.17, 15) is 0 Å². The molecule has 0 radical (unpaired) electrons. The fraction of sp³-hybridized carbons (Fsp3) is 0.500. The first-order chi connectivity index (χ1) is 9.79. The molecule has 0 unspecified atom stereocenters. The Morgan fingerprint density at radius 2 is 1.76 bits per heavy atom. The van der Waals surface area contributed by atoms with Gasteiger partial charge in [0.1, 0.15) is 11.6 Å². The van der Waals surface area contributed by atoms with Crippen molar-refractivity contribution in [2.24, 2.45) is 5.92 Å². The van der Waals surface area contributed by atoms with Gasteiger partial charge in [-0.25, -0.2) is 4.98 Å². The van der Waals surface area contributed by atoms with Crippen LogP contribution in [0.4, 0.5) is 5.82 Å². The number of nitrogens with two attached hydrogens (primary N) is 1. The van der Waals surface area contributed by atoms with Gasteiger partial charge >= 0.3 is 0 Å². The average molecular weight is 285 g/mol. The molecule has 0 aliphatic heterocycles. The molecule has 0 bridgehead atoms. The molecule has 3 nitrogen and oxygen atoms in total. The van der Waals surface area contributed by atoms with Crippen LogP contribution in [0.5, 0.6) is 0 Å². The summed E-state index contributed by atoms with van der Waals surface area (Å²) in [5.74, 6) is 2.44. The zero-order valence-electron chi connectivity index (χ0n) is 13.9. The van der Waals surface area contributed by atoms with Gasteiger partial charge in [0.05, 0.1) is 12.2 Å². The van der Waals surface area contributed by atoms with Gasteiger partial charge in [-0.3, -0.25) is 0 Å². The van der Waals surface area contributed by atoms with Crippen LogP contribution in [0.15, 0.2) is 30.3 Å². The molecule has 1 heterocycles. The second kappa shape index (κ2) is 5.92. The molecule has 0 atom stereocenters. The molecule has 114 valence electrons. The third kappa shape index (κ3) is 3.66. The number of aromatic nitrogens is 2. The number of benzene rings is 1. The van der Waals surface area contributed by atoms with Crippen LogP contribution in [0, 0.1) is 5.92 Å². The van der Waals surface area contributed by atoms with Gasteiger partial charge in [-0.15, -0.1) is 0 Å². The second-order valence-corrected chi connectivity index (χ2v) is 7.19. The lowest BCUT2D eigenvalue weighted by molar-refractivity contribution is 0.512.